The largest absolute Gasteiger partial charge is 0.507 e. The van der Waals surface area contributed by atoms with E-state index in [0.29, 0.717) is 11.1 Å². The van der Waals surface area contributed by atoms with Crippen molar-refractivity contribution >= 4 is 5.97 Å². The number of aromatic carboxylic acids is 1. The van der Waals surface area contributed by atoms with Crippen LogP contribution in [0.3, 0.4) is 0 Å². The van der Waals surface area contributed by atoms with Crippen LogP contribution in [-0.2, 0) is 10.8 Å². The van der Waals surface area contributed by atoms with Crippen LogP contribution in [0.4, 0.5) is 0 Å². The van der Waals surface area contributed by atoms with Gasteiger partial charge in [0.15, 0.2) is 0 Å². The maximum Gasteiger partial charge on any atom is 0.339 e. The summed E-state index contributed by atoms with van der Waals surface area (Å²) in [6.45, 7) is 10.6. The van der Waals surface area contributed by atoms with E-state index in [1.165, 1.54) is 17.2 Å². The number of carboxylic acid groups (broad SMARTS) is 1. The minimum absolute atomic E-state index is 0.0447. The first-order chi connectivity index (χ1) is 13.4. The molecule has 0 spiro atoms. The summed E-state index contributed by atoms with van der Waals surface area (Å²) in [5, 5.41) is 29.8. The molecule has 4 nitrogen and oxygen atoms in total. The smallest absolute Gasteiger partial charge is 0.339 e. The fourth-order valence-electron chi connectivity index (χ4n) is 4.01. The number of benzene rings is 2. The van der Waals surface area contributed by atoms with Crippen LogP contribution in [0.25, 0.3) is 0 Å². The predicted molar refractivity (Wildman–Crippen MR) is 113 cm³/mol. The van der Waals surface area contributed by atoms with Crippen molar-refractivity contribution in [1.82, 2.24) is 0 Å². The Morgan fingerprint density at radius 1 is 1.03 bits per heavy atom. The molecule has 1 atom stereocenters. The first-order valence-electron chi connectivity index (χ1n) is 9.84. The maximum atomic E-state index is 11.1. The van der Waals surface area contributed by atoms with Crippen molar-refractivity contribution in [3.63, 3.8) is 0 Å². The van der Waals surface area contributed by atoms with E-state index >= 15 is 0 Å². The monoisotopic (exact) mass is 392 g/mol. The Hall–Kier alpha value is -2.77. The molecule has 0 radical (unpaired) electrons. The second-order valence-electron chi connectivity index (χ2n) is 9.18. The Morgan fingerprint density at radius 2 is 1.66 bits per heavy atom. The minimum Gasteiger partial charge on any atom is -0.507 e. The lowest BCUT2D eigenvalue weighted by Gasteiger charge is -2.42. The summed E-state index contributed by atoms with van der Waals surface area (Å²) in [5.41, 5.74) is 4.20. The quantitative estimate of drug-likeness (QED) is 0.640. The molecule has 2 aromatic carbocycles. The van der Waals surface area contributed by atoms with Crippen LogP contribution in [-0.4, -0.2) is 21.3 Å². The number of carboxylic acids is 1. The Balaban J connectivity index is 1.95. The third-order valence-electron chi connectivity index (χ3n) is 6.20. The summed E-state index contributed by atoms with van der Waals surface area (Å²) in [5.74, 6) is 4.23. The van der Waals surface area contributed by atoms with Crippen molar-refractivity contribution in [3.05, 3.63) is 63.7 Å². The third kappa shape index (κ3) is 3.88. The van der Waals surface area contributed by atoms with Gasteiger partial charge in [-0.1, -0.05) is 57.7 Å². The van der Waals surface area contributed by atoms with Crippen molar-refractivity contribution in [2.75, 3.05) is 0 Å². The molecule has 152 valence electrons. The summed E-state index contributed by atoms with van der Waals surface area (Å²) in [6.07, 6.45) is 1.25. The van der Waals surface area contributed by atoms with Gasteiger partial charge in [0.05, 0.1) is 0 Å². The minimum atomic E-state index is -1.19. The highest BCUT2D eigenvalue weighted by molar-refractivity contribution is 5.91. The van der Waals surface area contributed by atoms with Crippen LogP contribution in [0.1, 0.15) is 84.8 Å². The van der Waals surface area contributed by atoms with Gasteiger partial charge in [-0.2, -0.15) is 0 Å². The summed E-state index contributed by atoms with van der Waals surface area (Å²) in [6, 6.07) is 8.98. The molecule has 0 aliphatic heterocycles. The fraction of sp³-hybridized carbons (Fsp3) is 0.400. The zero-order valence-corrected chi connectivity index (χ0v) is 17.6. The molecule has 1 aliphatic rings. The number of carbonyl (C=O) groups is 1. The SMILES string of the molecule is Cc1c(C#CC(O)c2ccc3c(c2)C(C)(C)CCC3(C)C)ccc(C(=O)O)c1O. The number of aliphatic hydroxyl groups is 1. The molecular weight excluding hydrogens is 364 g/mol. The lowest BCUT2D eigenvalue weighted by molar-refractivity contribution is 0.0693. The van der Waals surface area contributed by atoms with E-state index < -0.39 is 12.1 Å². The van der Waals surface area contributed by atoms with E-state index in [2.05, 4.69) is 51.7 Å². The van der Waals surface area contributed by atoms with Gasteiger partial charge in [0, 0.05) is 11.1 Å². The van der Waals surface area contributed by atoms with Crippen molar-refractivity contribution in [3.8, 4) is 17.6 Å². The van der Waals surface area contributed by atoms with Gasteiger partial charge >= 0.3 is 5.97 Å². The molecule has 29 heavy (non-hydrogen) atoms. The highest BCUT2D eigenvalue weighted by Gasteiger charge is 2.37. The van der Waals surface area contributed by atoms with Gasteiger partial charge in [0.2, 0.25) is 0 Å². The van der Waals surface area contributed by atoms with Gasteiger partial charge in [-0.05, 0) is 59.4 Å². The van der Waals surface area contributed by atoms with Crippen LogP contribution < -0.4 is 0 Å². The standard InChI is InChI=1S/C25H28O4/c1-15-16(6-9-18(22(15)27)23(28)29)8-11-21(26)17-7-10-19-20(14-17)25(4,5)13-12-24(19,2)3/h6-7,9-10,14,21,26-27H,12-13H2,1-5H3,(H,28,29). The van der Waals surface area contributed by atoms with Gasteiger partial charge in [0.1, 0.15) is 17.4 Å². The van der Waals surface area contributed by atoms with Crippen LogP contribution in [0.2, 0.25) is 0 Å². The van der Waals surface area contributed by atoms with E-state index in [1.807, 2.05) is 6.07 Å². The number of fused-ring (bicyclic) bond motifs is 1. The summed E-state index contributed by atoms with van der Waals surface area (Å²) in [7, 11) is 0. The van der Waals surface area contributed by atoms with Gasteiger partial charge in [-0.3, -0.25) is 0 Å². The van der Waals surface area contributed by atoms with E-state index in [0.717, 1.165) is 18.4 Å². The topological polar surface area (TPSA) is 77.8 Å². The number of rotatable bonds is 2. The third-order valence-corrected chi connectivity index (χ3v) is 6.20. The van der Waals surface area contributed by atoms with Crippen LogP contribution in [0, 0.1) is 18.8 Å². The molecule has 1 aliphatic carbocycles. The number of hydrogen-bond acceptors (Lipinski definition) is 3. The average molecular weight is 392 g/mol. The second-order valence-corrected chi connectivity index (χ2v) is 9.18. The lowest BCUT2D eigenvalue weighted by atomic mass is 9.63. The van der Waals surface area contributed by atoms with Crippen LogP contribution in [0.15, 0.2) is 30.3 Å². The highest BCUT2D eigenvalue weighted by Crippen LogP contribution is 2.46. The zero-order valence-electron chi connectivity index (χ0n) is 17.6. The van der Waals surface area contributed by atoms with Crippen molar-refractivity contribution in [2.24, 2.45) is 0 Å². The molecule has 0 bridgehead atoms. The molecule has 1 unspecified atom stereocenters. The molecule has 4 heteroatoms. The van der Waals surface area contributed by atoms with Crippen molar-refractivity contribution in [2.45, 2.75) is 64.4 Å². The first-order valence-corrected chi connectivity index (χ1v) is 9.84. The maximum absolute atomic E-state index is 11.1. The Labute approximate surface area is 172 Å². The number of aromatic hydroxyl groups is 1. The molecule has 3 rings (SSSR count). The van der Waals surface area contributed by atoms with E-state index in [4.69, 9.17) is 5.11 Å². The summed E-state index contributed by atoms with van der Waals surface area (Å²) in [4.78, 5) is 11.1. The number of hydrogen-bond donors (Lipinski definition) is 3. The normalized spacial score (nSPS) is 17.6. The summed E-state index contributed by atoms with van der Waals surface area (Å²) >= 11 is 0. The molecule has 2 aromatic rings. The Kier molecular flexibility index (Phi) is 5.23. The Bertz CT molecular complexity index is 1030. The lowest BCUT2D eigenvalue weighted by Crippen LogP contribution is -2.34. The highest BCUT2D eigenvalue weighted by atomic mass is 16.4. The fourth-order valence-corrected chi connectivity index (χ4v) is 4.01. The molecular formula is C25H28O4. The second kappa shape index (κ2) is 7.24. The first kappa shape index (κ1) is 21.0. The number of aliphatic hydroxyl groups excluding tert-OH is 1. The molecule has 0 aromatic heterocycles. The molecule has 3 N–H and O–H groups in total. The predicted octanol–water partition coefficient (Wildman–Crippen LogP) is 4.83. The van der Waals surface area contributed by atoms with Crippen LogP contribution >= 0.6 is 0 Å². The van der Waals surface area contributed by atoms with Gasteiger partial charge in [-0.15, -0.1) is 0 Å². The molecule has 0 saturated carbocycles. The Morgan fingerprint density at radius 3 is 2.28 bits per heavy atom. The van der Waals surface area contributed by atoms with Gasteiger partial charge in [-0.25, -0.2) is 4.79 Å². The number of phenols is 1. The van der Waals surface area contributed by atoms with Gasteiger partial charge in [0.25, 0.3) is 0 Å². The van der Waals surface area contributed by atoms with Crippen molar-refractivity contribution < 1.29 is 20.1 Å². The molecule has 0 saturated heterocycles. The van der Waals surface area contributed by atoms with E-state index in [-0.39, 0.29) is 22.1 Å². The summed E-state index contributed by atoms with van der Waals surface area (Å²) < 4.78 is 0. The molecule has 0 fully saturated rings. The molecule has 0 heterocycles. The average Bonchev–Trinajstić information content (AvgIpc) is 2.66. The van der Waals surface area contributed by atoms with E-state index in [9.17, 15) is 15.0 Å². The van der Waals surface area contributed by atoms with E-state index in [1.54, 1.807) is 13.0 Å². The molecule has 0 amide bonds. The zero-order chi connectivity index (χ0) is 21.6. The van der Waals surface area contributed by atoms with Crippen LogP contribution in [0.5, 0.6) is 5.75 Å². The van der Waals surface area contributed by atoms with Gasteiger partial charge < -0.3 is 15.3 Å². The van der Waals surface area contributed by atoms with Crippen molar-refractivity contribution in [1.29, 1.82) is 0 Å².